The van der Waals surface area contributed by atoms with E-state index in [4.69, 9.17) is 0 Å². The van der Waals surface area contributed by atoms with E-state index in [1.54, 1.807) is 24.5 Å². The van der Waals surface area contributed by atoms with Crippen molar-refractivity contribution in [1.29, 1.82) is 0 Å². The average Bonchev–Trinajstić information content (AvgIpc) is 2.60. The van der Waals surface area contributed by atoms with Crippen LogP contribution in [0.1, 0.15) is 10.4 Å². The Morgan fingerprint density at radius 1 is 1.16 bits per heavy atom. The van der Waals surface area contributed by atoms with E-state index in [0.29, 0.717) is 16.8 Å². The fourth-order valence-corrected chi connectivity index (χ4v) is 3.34. The Hall–Kier alpha value is -2.84. The zero-order chi connectivity index (χ0) is 18.2. The van der Waals surface area contributed by atoms with Gasteiger partial charge in [0.15, 0.2) is 0 Å². The summed E-state index contributed by atoms with van der Waals surface area (Å²) in [5, 5.41) is 9.82. The first-order chi connectivity index (χ1) is 11.8. The molecule has 1 N–H and O–H groups in total. The Kier molecular flexibility index (Phi) is 4.23. The van der Waals surface area contributed by atoms with Crippen LogP contribution < -0.4 is 0 Å². The second kappa shape index (κ2) is 6.23. The van der Waals surface area contributed by atoms with Crippen molar-refractivity contribution in [2.75, 3.05) is 14.1 Å². The van der Waals surface area contributed by atoms with Crippen molar-refractivity contribution in [2.24, 2.45) is 0 Å². The van der Waals surface area contributed by atoms with Crippen molar-refractivity contribution in [1.82, 2.24) is 14.3 Å². The lowest BCUT2D eigenvalue weighted by Gasteiger charge is -2.13. The normalized spacial score (nSPS) is 11.8. The third kappa shape index (κ3) is 3.09. The average molecular weight is 357 g/mol. The van der Waals surface area contributed by atoms with Crippen LogP contribution in [0.3, 0.4) is 0 Å². The molecule has 0 bridgehead atoms. The van der Waals surface area contributed by atoms with E-state index in [-0.39, 0.29) is 15.8 Å². The van der Waals surface area contributed by atoms with E-state index < -0.39 is 16.0 Å². The molecule has 128 valence electrons. The molecule has 2 aromatic heterocycles. The molecule has 3 aromatic rings. The second-order valence-electron chi connectivity index (χ2n) is 5.57. The van der Waals surface area contributed by atoms with E-state index >= 15 is 0 Å². The van der Waals surface area contributed by atoms with Crippen molar-refractivity contribution < 1.29 is 18.3 Å². The largest absolute Gasteiger partial charge is 0.478 e. The minimum absolute atomic E-state index is 0.0142. The SMILES string of the molecule is CN(C)S(=O)(=O)c1ccc2nc(-c3cccnc3)cc(C(=O)O)c2c1. The molecule has 1 aromatic carbocycles. The van der Waals surface area contributed by atoms with Gasteiger partial charge in [-0.2, -0.15) is 0 Å². The van der Waals surface area contributed by atoms with Crippen molar-refractivity contribution in [3.05, 3.63) is 54.4 Å². The number of sulfonamides is 1. The van der Waals surface area contributed by atoms with Gasteiger partial charge in [-0.25, -0.2) is 22.5 Å². The molecule has 25 heavy (non-hydrogen) atoms. The fourth-order valence-electron chi connectivity index (χ4n) is 2.42. The predicted molar refractivity (Wildman–Crippen MR) is 92.8 cm³/mol. The molecule has 0 fully saturated rings. The molecule has 0 saturated heterocycles. The number of benzene rings is 1. The molecule has 3 rings (SSSR count). The van der Waals surface area contributed by atoms with E-state index in [0.717, 1.165) is 4.31 Å². The van der Waals surface area contributed by atoms with E-state index in [1.807, 2.05) is 0 Å². The molecule has 0 spiro atoms. The van der Waals surface area contributed by atoms with Gasteiger partial charge in [0.2, 0.25) is 10.0 Å². The molecule has 0 aliphatic rings. The maximum atomic E-state index is 12.3. The third-order valence-electron chi connectivity index (χ3n) is 3.75. The number of carbonyl (C=O) groups is 1. The van der Waals surface area contributed by atoms with Crippen molar-refractivity contribution in [3.63, 3.8) is 0 Å². The van der Waals surface area contributed by atoms with Gasteiger partial charge >= 0.3 is 5.97 Å². The summed E-state index contributed by atoms with van der Waals surface area (Å²) in [5.74, 6) is -1.16. The maximum absolute atomic E-state index is 12.3. The summed E-state index contributed by atoms with van der Waals surface area (Å²) < 4.78 is 25.7. The van der Waals surface area contributed by atoms with Crippen LogP contribution in [0.25, 0.3) is 22.2 Å². The van der Waals surface area contributed by atoms with Crippen LogP contribution >= 0.6 is 0 Å². The smallest absolute Gasteiger partial charge is 0.336 e. The highest BCUT2D eigenvalue weighted by molar-refractivity contribution is 7.89. The zero-order valence-electron chi connectivity index (χ0n) is 13.5. The maximum Gasteiger partial charge on any atom is 0.336 e. The first-order valence-corrected chi connectivity index (χ1v) is 8.76. The molecule has 8 heteroatoms. The number of aromatic nitrogens is 2. The van der Waals surface area contributed by atoms with Gasteiger partial charge in [-0.15, -0.1) is 0 Å². The monoisotopic (exact) mass is 357 g/mol. The third-order valence-corrected chi connectivity index (χ3v) is 5.56. The molecular weight excluding hydrogens is 342 g/mol. The van der Waals surface area contributed by atoms with Crippen molar-refractivity contribution >= 4 is 26.9 Å². The number of fused-ring (bicyclic) bond motifs is 1. The van der Waals surface area contributed by atoms with Gasteiger partial charge in [0.05, 0.1) is 21.7 Å². The summed E-state index contributed by atoms with van der Waals surface area (Å²) in [7, 11) is -0.834. The lowest BCUT2D eigenvalue weighted by Crippen LogP contribution is -2.22. The fraction of sp³-hybridized carbons (Fsp3) is 0.118. The Labute approximate surface area is 144 Å². The van der Waals surface area contributed by atoms with Gasteiger partial charge < -0.3 is 5.11 Å². The first kappa shape index (κ1) is 17.0. The number of carboxylic acids is 1. The molecule has 0 atom stereocenters. The Bertz CT molecular complexity index is 1060. The number of pyridine rings is 2. The van der Waals surface area contributed by atoms with Crippen LogP contribution in [0, 0.1) is 0 Å². The van der Waals surface area contributed by atoms with Crippen LogP contribution in [0.5, 0.6) is 0 Å². The number of aromatic carboxylic acids is 1. The number of nitrogens with zero attached hydrogens (tertiary/aromatic N) is 3. The summed E-state index contributed by atoms with van der Waals surface area (Å²) in [6.07, 6.45) is 3.20. The molecule has 0 amide bonds. The lowest BCUT2D eigenvalue weighted by atomic mass is 10.1. The minimum Gasteiger partial charge on any atom is -0.478 e. The minimum atomic E-state index is -3.67. The standard InChI is InChI=1S/C17H15N3O4S/c1-20(2)25(23,24)12-5-6-15-13(8-12)14(17(21)22)9-16(19-15)11-4-3-7-18-10-11/h3-10H,1-2H3,(H,21,22). The highest BCUT2D eigenvalue weighted by atomic mass is 32.2. The van der Waals surface area contributed by atoms with Gasteiger partial charge in [0, 0.05) is 37.4 Å². The number of hydrogen-bond donors (Lipinski definition) is 1. The first-order valence-electron chi connectivity index (χ1n) is 7.32. The van der Waals surface area contributed by atoms with Gasteiger partial charge in [-0.1, -0.05) is 0 Å². The Balaban J connectivity index is 2.28. The van der Waals surface area contributed by atoms with Crippen LogP contribution in [0.15, 0.2) is 53.7 Å². The number of hydrogen-bond acceptors (Lipinski definition) is 5. The Morgan fingerprint density at radius 3 is 2.52 bits per heavy atom. The summed E-state index contributed by atoms with van der Waals surface area (Å²) >= 11 is 0. The van der Waals surface area contributed by atoms with Gasteiger partial charge in [-0.05, 0) is 36.4 Å². The molecule has 2 heterocycles. The van der Waals surface area contributed by atoms with E-state index in [9.17, 15) is 18.3 Å². The summed E-state index contributed by atoms with van der Waals surface area (Å²) in [6.45, 7) is 0. The summed E-state index contributed by atoms with van der Waals surface area (Å²) in [6, 6.07) is 9.20. The van der Waals surface area contributed by atoms with Crippen molar-refractivity contribution in [3.8, 4) is 11.3 Å². The van der Waals surface area contributed by atoms with E-state index in [1.165, 1.54) is 38.4 Å². The second-order valence-corrected chi connectivity index (χ2v) is 7.72. The number of carboxylic acid groups (broad SMARTS) is 1. The van der Waals surface area contributed by atoms with Crippen LogP contribution in [-0.4, -0.2) is 47.9 Å². The summed E-state index contributed by atoms with van der Waals surface area (Å²) in [4.78, 5) is 20.2. The van der Waals surface area contributed by atoms with Crippen LogP contribution in [-0.2, 0) is 10.0 Å². The zero-order valence-corrected chi connectivity index (χ0v) is 14.4. The van der Waals surface area contributed by atoms with Gasteiger partial charge in [-0.3, -0.25) is 4.98 Å². The molecule has 0 unspecified atom stereocenters. The molecule has 0 saturated carbocycles. The quantitative estimate of drug-likeness (QED) is 0.768. The number of rotatable bonds is 4. The summed E-state index contributed by atoms with van der Waals surface area (Å²) in [5.41, 5.74) is 1.52. The van der Waals surface area contributed by atoms with Gasteiger partial charge in [0.25, 0.3) is 0 Å². The van der Waals surface area contributed by atoms with E-state index in [2.05, 4.69) is 9.97 Å². The molecule has 0 aliphatic heterocycles. The highest BCUT2D eigenvalue weighted by Gasteiger charge is 2.20. The topological polar surface area (TPSA) is 100 Å². The molecule has 0 aliphatic carbocycles. The lowest BCUT2D eigenvalue weighted by molar-refractivity contribution is 0.0699. The molecule has 7 nitrogen and oxygen atoms in total. The molecule has 0 radical (unpaired) electrons. The van der Waals surface area contributed by atoms with Gasteiger partial charge in [0.1, 0.15) is 0 Å². The van der Waals surface area contributed by atoms with Crippen LogP contribution in [0.2, 0.25) is 0 Å². The Morgan fingerprint density at radius 2 is 1.92 bits per heavy atom. The predicted octanol–water partition coefficient (Wildman–Crippen LogP) is 2.25. The van der Waals surface area contributed by atoms with Crippen LogP contribution in [0.4, 0.5) is 0 Å². The highest BCUT2D eigenvalue weighted by Crippen LogP contribution is 2.27. The molecular formula is C17H15N3O4S. The van der Waals surface area contributed by atoms with Crippen molar-refractivity contribution in [2.45, 2.75) is 4.90 Å².